The number of nitrogens with zero attached hydrogens (tertiary/aromatic N) is 3. The number of nitrogens with one attached hydrogen (secondary N) is 2. The molecule has 0 unspecified atom stereocenters. The van der Waals surface area contributed by atoms with Gasteiger partial charge in [0.25, 0.3) is 5.91 Å². The molecular weight excluding hydrogens is 312 g/mol. The molecule has 9 heteroatoms. The lowest BCUT2D eigenvalue weighted by Gasteiger charge is -1.99. The molecule has 0 atom stereocenters. The van der Waals surface area contributed by atoms with E-state index in [9.17, 15) is 13.6 Å². The van der Waals surface area contributed by atoms with E-state index in [0.717, 1.165) is 23.9 Å². The van der Waals surface area contributed by atoms with Gasteiger partial charge >= 0.3 is 0 Å². The van der Waals surface area contributed by atoms with Gasteiger partial charge in [0, 0.05) is 19.2 Å². The van der Waals surface area contributed by atoms with Gasteiger partial charge in [0.2, 0.25) is 0 Å². The van der Waals surface area contributed by atoms with Gasteiger partial charge in [-0.15, -0.1) is 10.2 Å². The Morgan fingerprint density at radius 3 is 2.68 bits per heavy atom. The van der Waals surface area contributed by atoms with Crippen LogP contribution in [-0.4, -0.2) is 33.1 Å². The molecule has 0 saturated heterocycles. The van der Waals surface area contributed by atoms with Gasteiger partial charge in [0.1, 0.15) is 5.03 Å². The quantitative estimate of drug-likeness (QED) is 0.772. The zero-order chi connectivity index (χ0) is 15.7. The van der Waals surface area contributed by atoms with Crippen LogP contribution >= 0.6 is 11.8 Å². The van der Waals surface area contributed by atoms with Crippen molar-refractivity contribution in [2.45, 2.75) is 10.2 Å². The van der Waals surface area contributed by atoms with E-state index in [1.54, 1.807) is 6.07 Å². The number of hydrogen-bond donors (Lipinski definition) is 2. The fourth-order valence-corrected chi connectivity index (χ4v) is 2.47. The molecule has 2 heterocycles. The summed E-state index contributed by atoms with van der Waals surface area (Å²) >= 11 is 1.14. The molecular formula is C13H9F2N5OS. The van der Waals surface area contributed by atoms with Gasteiger partial charge < -0.3 is 10.3 Å². The summed E-state index contributed by atoms with van der Waals surface area (Å²) < 4.78 is 26.3. The number of carbonyl (C=O) groups is 1. The predicted molar refractivity (Wildman–Crippen MR) is 75.6 cm³/mol. The van der Waals surface area contributed by atoms with Gasteiger partial charge in [-0.3, -0.25) is 4.79 Å². The lowest BCUT2D eigenvalue weighted by atomic mass is 10.3. The summed E-state index contributed by atoms with van der Waals surface area (Å²) in [5.74, 6) is -2.23. The van der Waals surface area contributed by atoms with E-state index in [4.69, 9.17) is 0 Å². The highest BCUT2D eigenvalue weighted by molar-refractivity contribution is 7.99. The van der Waals surface area contributed by atoms with E-state index in [1.165, 1.54) is 13.1 Å². The highest BCUT2D eigenvalue weighted by atomic mass is 32.2. The summed E-state index contributed by atoms with van der Waals surface area (Å²) in [6.07, 6.45) is 0. The van der Waals surface area contributed by atoms with Crippen molar-refractivity contribution in [3.05, 3.63) is 41.6 Å². The highest BCUT2D eigenvalue weighted by Gasteiger charge is 2.11. The average Bonchev–Trinajstić information content (AvgIpc) is 2.89. The number of benzene rings is 1. The normalized spacial score (nSPS) is 10.9. The second-order valence-corrected chi connectivity index (χ2v) is 5.27. The van der Waals surface area contributed by atoms with E-state index in [1.807, 2.05) is 0 Å². The van der Waals surface area contributed by atoms with E-state index in [2.05, 4.69) is 25.5 Å². The van der Waals surface area contributed by atoms with Gasteiger partial charge in [-0.25, -0.2) is 13.8 Å². The Morgan fingerprint density at radius 2 is 2.00 bits per heavy atom. The number of carbonyl (C=O) groups excluding carboxylic acids is 1. The van der Waals surface area contributed by atoms with Gasteiger partial charge in [0.05, 0.1) is 11.0 Å². The number of hydrogen-bond acceptors (Lipinski definition) is 5. The number of fused-ring (bicyclic) bond motifs is 1. The SMILES string of the molecule is CNC(=O)c1ccc(Sc2nc3cc(F)c(F)cc3[nH]2)nn1. The number of amides is 1. The van der Waals surface area contributed by atoms with E-state index in [-0.39, 0.29) is 11.6 Å². The molecule has 0 aliphatic rings. The molecule has 0 aliphatic heterocycles. The fourth-order valence-electron chi connectivity index (χ4n) is 1.75. The first kappa shape index (κ1) is 14.4. The Kier molecular flexibility index (Phi) is 3.72. The predicted octanol–water partition coefficient (Wildman–Crippen LogP) is 2.14. The standard InChI is InChI=1S/C13H9F2N5OS/c1-16-12(21)8-2-3-11(20-19-8)22-13-17-9-4-6(14)7(15)5-10(9)18-13/h2-5H,1H3,(H,16,21)(H,17,18). The fraction of sp³-hybridized carbons (Fsp3) is 0.0769. The molecule has 0 saturated carbocycles. The Morgan fingerprint density at radius 1 is 1.23 bits per heavy atom. The van der Waals surface area contributed by atoms with Crippen LogP contribution in [0.5, 0.6) is 0 Å². The van der Waals surface area contributed by atoms with Crippen LogP contribution in [0.1, 0.15) is 10.5 Å². The molecule has 0 aliphatic carbocycles. The lowest BCUT2D eigenvalue weighted by Crippen LogP contribution is -2.19. The average molecular weight is 321 g/mol. The highest BCUT2D eigenvalue weighted by Crippen LogP contribution is 2.26. The minimum Gasteiger partial charge on any atom is -0.354 e. The summed E-state index contributed by atoms with van der Waals surface area (Å²) in [6, 6.07) is 5.19. The Labute approximate surface area is 127 Å². The molecule has 1 amide bonds. The van der Waals surface area contributed by atoms with E-state index < -0.39 is 11.6 Å². The number of rotatable bonds is 3. The molecule has 112 valence electrons. The first-order valence-electron chi connectivity index (χ1n) is 6.15. The van der Waals surface area contributed by atoms with Crippen LogP contribution < -0.4 is 5.32 Å². The first-order chi connectivity index (χ1) is 10.6. The molecule has 0 bridgehead atoms. The molecule has 3 rings (SSSR count). The first-order valence-corrected chi connectivity index (χ1v) is 6.97. The zero-order valence-corrected chi connectivity index (χ0v) is 12.0. The van der Waals surface area contributed by atoms with Crippen molar-refractivity contribution in [1.29, 1.82) is 0 Å². The van der Waals surface area contributed by atoms with Crippen molar-refractivity contribution >= 4 is 28.7 Å². The molecule has 2 N–H and O–H groups in total. The van der Waals surface area contributed by atoms with Gasteiger partial charge in [-0.2, -0.15) is 0 Å². The maximum atomic E-state index is 13.1. The van der Waals surface area contributed by atoms with Crippen LogP contribution in [0.4, 0.5) is 8.78 Å². The van der Waals surface area contributed by atoms with Crippen LogP contribution in [0.15, 0.2) is 34.4 Å². The Balaban J connectivity index is 1.85. The van der Waals surface area contributed by atoms with Crippen LogP contribution in [-0.2, 0) is 0 Å². The maximum Gasteiger partial charge on any atom is 0.271 e. The summed E-state index contributed by atoms with van der Waals surface area (Å²) in [6.45, 7) is 0. The Hall–Kier alpha value is -2.55. The number of H-pyrrole nitrogens is 1. The minimum absolute atomic E-state index is 0.195. The summed E-state index contributed by atoms with van der Waals surface area (Å²) in [7, 11) is 1.50. The third kappa shape index (κ3) is 2.75. The lowest BCUT2D eigenvalue weighted by molar-refractivity contribution is 0.0957. The van der Waals surface area contributed by atoms with Crippen molar-refractivity contribution in [2.24, 2.45) is 0 Å². The van der Waals surface area contributed by atoms with Gasteiger partial charge in [0.15, 0.2) is 22.5 Å². The summed E-state index contributed by atoms with van der Waals surface area (Å²) in [4.78, 5) is 18.4. The molecule has 2 aromatic heterocycles. The molecule has 22 heavy (non-hydrogen) atoms. The number of aromatic amines is 1. The monoisotopic (exact) mass is 321 g/mol. The molecule has 0 fully saturated rings. The summed E-state index contributed by atoms with van der Waals surface area (Å²) in [5, 5.41) is 11.0. The summed E-state index contributed by atoms with van der Waals surface area (Å²) in [5.41, 5.74) is 0.897. The van der Waals surface area contributed by atoms with E-state index >= 15 is 0 Å². The minimum atomic E-state index is -0.953. The van der Waals surface area contributed by atoms with Crippen LogP contribution in [0, 0.1) is 11.6 Å². The van der Waals surface area contributed by atoms with Crippen molar-refractivity contribution in [3.8, 4) is 0 Å². The number of halogens is 2. The zero-order valence-electron chi connectivity index (χ0n) is 11.2. The smallest absolute Gasteiger partial charge is 0.271 e. The van der Waals surface area contributed by atoms with Crippen LogP contribution in [0.25, 0.3) is 11.0 Å². The topological polar surface area (TPSA) is 83.6 Å². The molecule has 1 aromatic carbocycles. The van der Waals surface area contributed by atoms with Crippen molar-refractivity contribution < 1.29 is 13.6 Å². The van der Waals surface area contributed by atoms with Gasteiger partial charge in [-0.1, -0.05) is 0 Å². The molecule has 0 spiro atoms. The maximum absolute atomic E-state index is 13.1. The van der Waals surface area contributed by atoms with Gasteiger partial charge in [-0.05, 0) is 23.9 Å². The van der Waals surface area contributed by atoms with Crippen LogP contribution in [0.2, 0.25) is 0 Å². The molecule has 0 radical (unpaired) electrons. The largest absolute Gasteiger partial charge is 0.354 e. The Bertz CT molecular complexity index is 811. The third-order valence-corrected chi connectivity index (χ3v) is 3.62. The van der Waals surface area contributed by atoms with Crippen molar-refractivity contribution in [1.82, 2.24) is 25.5 Å². The number of aromatic nitrogens is 4. The molecule has 6 nitrogen and oxygen atoms in total. The van der Waals surface area contributed by atoms with Crippen molar-refractivity contribution in [2.75, 3.05) is 7.05 Å². The second-order valence-electron chi connectivity index (χ2n) is 4.26. The second kappa shape index (κ2) is 5.68. The van der Waals surface area contributed by atoms with E-state index in [0.29, 0.717) is 21.2 Å². The van der Waals surface area contributed by atoms with Crippen LogP contribution in [0.3, 0.4) is 0 Å². The molecule has 3 aromatic rings. The van der Waals surface area contributed by atoms with Crippen molar-refractivity contribution in [3.63, 3.8) is 0 Å². The third-order valence-electron chi connectivity index (χ3n) is 2.80. The number of imidazole rings is 1.